The van der Waals surface area contributed by atoms with Crippen molar-refractivity contribution in [2.75, 3.05) is 7.05 Å². The molecule has 0 saturated heterocycles. The topological polar surface area (TPSA) is 21.3 Å². The molecule has 3 heteroatoms. The quantitative estimate of drug-likeness (QED) is 0.838. The van der Waals surface area contributed by atoms with E-state index >= 15 is 0 Å². The molecule has 0 amide bonds. The Labute approximate surface area is 125 Å². The Balaban J connectivity index is 2.25. The molecule has 2 aromatic rings. The Bertz CT molecular complexity index is 564. The molecule has 0 saturated carbocycles. The highest BCUT2D eigenvalue weighted by Crippen LogP contribution is 2.33. The number of rotatable bonds is 5. The molecule has 0 spiro atoms. The predicted molar refractivity (Wildman–Crippen MR) is 84.8 cm³/mol. The van der Waals surface area contributed by atoms with Crippen LogP contribution >= 0.6 is 11.6 Å². The van der Waals surface area contributed by atoms with E-state index in [2.05, 4.69) is 31.3 Å². The number of nitrogens with one attached hydrogen (secondary N) is 1. The third-order valence-electron chi connectivity index (χ3n) is 3.18. The minimum absolute atomic E-state index is 0.518. The van der Waals surface area contributed by atoms with E-state index in [1.54, 1.807) is 0 Å². The average Bonchev–Trinajstić information content (AvgIpc) is 2.43. The second-order valence-electron chi connectivity index (χ2n) is 5.08. The molecular formula is C17H20ClNO. The van der Waals surface area contributed by atoms with Crippen LogP contribution in [0.15, 0.2) is 42.5 Å². The van der Waals surface area contributed by atoms with E-state index < -0.39 is 0 Å². The van der Waals surface area contributed by atoms with Crippen LogP contribution in [0.2, 0.25) is 5.02 Å². The van der Waals surface area contributed by atoms with Crippen molar-refractivity contribution in [3.05, 3.63) is 58.6 Å². The van der Waals surface area contributed by atoms with Gasteiger partial charge >= 0.3 is 0 Å². The van der Waals surface area contributed by atoms with E-state index in [1.807, 2.05) is 37.4 Å². The van der Waals surface area contributed by atoms with Gasteiger partial charge in [0.15, 0.2) is 0 Å². The van der Waals surface area contributed by atoms with Gasteiger partial charge < -0.3 is 10.1 Å². The SMILES string of the molecule is CNCc1cccc(Cl)c1Oc1ccc(C(C)C)cc1. The Morgan fingerprint density at radius 2 is 1.80 bits per heavy atom. The van der Waals surface area contributed by atoms with Crippen molar-refractivity contribution in [2.45, 2.75) is 26.3 Å². The lowest BCUT2D eigenvalue weighted by Gasteiger charge is -2.13. The van der Waals surface area contributed by atoms with Crippen molar-refractivity contribution in [1.82, 2.24) is 5.32 Å². The zero-order valence-electron chi connectivity index (χ0n) is 12.1. The summed E-state index contributed by atoms with van der Waals surface area (Å²) in [5.41, 5.74) is 2.35. The van der Waals surface area contributed by atoms with Crippen LogP contribution in [0.1, 0.15) is 30.9 Å². The molecule has 0 heterocycles. The molecule has 1 N–H and O–H groups in total. The first kappa shape index (κ1) is 14.9. The second-order valence-corrected chi connectivity index (χ2v) is 5.49. The number of halogens is 1. The van der Waals surface area contributed by atoms with Gasteiger partial charge in [-0.05, 0) is 36.7 Å². The van der Waals surface area contributed by atoms with Crippen LogP contribution < -0.4 is 10.1 Å². The van der Waals surface area contributed by atoms with Gasteiger partial charge in [0, 0.05) is 12.1 Å². The van der Waals surface area contributed by atoms with Crippen LogP contribution in [-0.2, 0) is 6.54 Å². The molecule has 0 radical (unpaired) electrons. The first-order chi connectivity index (χ1) is 9.61. The van der Waals surface area contributed by atoms with Crippen molar-refractivity contribution >= 4 is 11.6 Å². The largest absolute Gasteiger partial charge is 0.455 e. The van der Waals surface area contributed by atoms with Crippen LogP contribution in [0.3, 0.4) is 0 Å². The van der Waals surface area contributed by atoms with E-state index in [4.69, 9.17) is 16.3 Å². The Morgan fingerprint density at radius 1 is 1.10 bits per heavy atom. The minimum Gasteiger partial charge on any atom is -0.455 e. The standard InChI is InChI=1S/C17H20ClNO/c1-12(2)13-7-9-15(10-8-13)20-17-14(11-19-3)5-4-6-16(17)18/h4-10,12,19H,11H2,1-3H3. The predicted octanol–water partition coefficient (Wildman–Crippen LogP) is 4.98. The number of para-hydroxylation sites is 1. The first-order valence-electron chi connectivity index (χ1n) is 6.81. The Kier molecular flexibility index (Phi) is 5.05. The molecule has 106 valence electrons. The van der Waals surface area contributed by atoms with Gasteiger partial charge in [-0.2, -0.15) is 0 Å². The lowest BCUT2D eigenvalue weighted by molar-refractivity contribution is 0.474. The molecule has 0 aliphatic rings. The first-order valence-corrected chi connectivity index (χ1v) is 7.19. The molecule has 2 aromatic carbocycles. The van der Waals surface area contributed by atoms with Gasteiger partial charge in [0.05, 0.1) is 5.02 Å². The summed E-state index contributed by atoms with van der Waals surface area (Å²) in [6, 6.07) is 14.0. The van der Waals surface area contributed by atoms with Crippen LogP contribution in [0.25, 0.3) is 0 Å². The summed E-state index contributed by atoms with van der Waals surface area (Å²) in [4.78, 5) is 0. The van der Waals surface area contributed by atoms with Crippen LogP contribution in [0.5, 0.6) is 11.5 Å². The summed E-state index contributed by atoms with van der Waals surface area (Å²) in [7, 11) is 1.90. The van der Waals surface area contributed by atoms with Gasteiger partial charge in [0.1, 0.15) is 11.5 Å². The van der Waals surface area contributed by atoms with Crippen LogP contribution in [0.4, 0.5) is 0 Å². The second kappa shape index (κ2) is 6.78. The number of ether oxygens (including phenoxy) is 1. The van der Waals surface area contributed by atoms with Gasteiger partial charge in [-0.25, -0.2) is 0 Å². The molecule has 20 heavy (non-hydrogen) atoms. The number of benzene rings is 2. The number of hydrogen-bond acceptors (Lipinski definition) is 2. The normalized spacial score (nSPS) is 10.8. The molecule has 0 atom stereocenters. The summed E-state index contributed by atoms with van der Waals surface area (Å²) in [5, 5.41) is 3.75. The maximum Gasteiger partial charge on any atom is 0.150 e. The van der Waals surface area contributed by atoms with E-state index in [0.717, 1.165) is 23.6 Å². The summed E-state index contributed by atoms with van der Waals surface area (Å²) < 4.78 is 5.96. The smallest absolute Gasteiger partial charge is 0.150 e. The average molecular weight is 290 g/mol. The summed E-state index contributed by atoms with van der Waals surface area (Å²) in [5.74, 6) is 2.05. The monoisotopic (exact) mass is 289 g/mol. The van der Waals surface area contributed by atoms with E-state index in [9.17, 15) is 0 Å². The highest BCUT2D eigenvalue weighted by atomic mass is 35.5. The zero-order valence-corrected chi connectivity index (χ0v) is 12.9. The molecule has 0 aromatic heterocycles. The summed E-state index contributed by atoms with van der Waals surface area (Å²) in [6.07, 6.45) is 0. The number of hydrogen-bond donors (Lipinski definition) is 1. The molecule has 0 aliphatic heterocycles. The molecular weight excluding hydrogens is 270 g/mol. The van der Waals surface area contributed by atoms with Crippen molar-refractivity contribution in [3.63, 3.8) is 0 Å². The molecule has 2 rings (SSSR count). The third-order valence-corrected chi connectivity index (χ3v) is 3.48. The molecule has 0 aliphatic carbocycles. The fourth-order valence-corrected chi connectivity index (χ4v) is 2.27. The molecule has 2 nitrogen and oxygen atoms in total. The third kappa shape index (κ3) is 3.53. The lowest BCUT2D eigenvalue weighted by atomic mass is 10.0. The van der Waals surface area contributed by atoms with Crippen LogP contribution in [-0.4, -0.2) is 7.05 Å². The summed E-state index contributed by atoms with van der Waals surface area (Å²) >= 11 is 6.24. The van der Waals surface area contributed by atoms with Crippen molar-refractivity contribution in [2.24, 2.45) is 0 Å². The van der Waals surface area contributed by atoms with Gasteiger partial charge in [0.25, 0.3) is 0 Å². The molecule has 0 bridgehead atoms. The van der Waals surface area contributed by atoms with Gasteiger partial charge in [-0.15, -0.1) is 0 Å². The molecule has 0 fully saturated rings. The highest BCUT2D eigenvalue weighted by Gasteiger charge is 2.09. The van der Waals surface area contributed by atoms with Gasteiger partial charge in [-0.3, -0.25) is 0 Å². The van der Waals surface area contributed by atoms with E-state index in [-0.39, 0.29) is 0 Å². The highest BCUT2D eigenvalue weighted by molar-refractivity contribution is 6.32. The van der Waals surface area contributed by atoms with Gasteiger partial charge in [0.2, 0.25) is 0 Å². The van der Waals surface area contributed by atoms with Crippen molar-refractivity contribution < 1.29 is 4.74 Å². The fourth-order valence-electron chi connectivity index (χ4n) is 2.04. The molecule has 0 unspecified atom stereocenters. The van der Waals surface area contributed by atoms with Crippen molar-refractivity contribution in [1.29, 1.82) is 0 Å². The van der Waals surface area contributed by atoms with E-state index in [1.165, 1.54) is 5.56 Å². The lowest BCUT2D eigenvalue weighted by Crippen LogP contribution is -2.06. The fraction of sp³-hybridized carbons (Fsp3) is 0.294. The summed E-state index contributed by atoms with van der Waals surface area (Å²) in [6.45, 7) is 5.07. The maximum atomic E-state index is 6.24. The maximum absolute atomic E-state index is 6.24. The minimum atomic E-state index is 0.518. The van der Waals surface area contributed by atoms with Crippen LogP contribution in [0, 0.1) is 0 Å². The van der Waals surface area contributed by atoms with Gasteiger partial charge in [-0.1, -0.05) is 49.7 Å². The van der Waals surface area contributed by atoms with Crippen molar-refractivity contribution in [3.8, 4) is 11.5 Å². The zero-order chi connectivity index (χ0) is 14.5. The Hall–Kier alpha value is -1.51. The Morgan fingerprint density at radius 3 is 2.40 bits per heavy atom. The van der Waals surface area contributed by atoms with E-state index in [0.29, 0.717) is 10.9 Å².